The molecule has 0 heterocycles. The van der Waals surface area contributed by atoms with Crippen molar-refractivity contribution >= 4 is 34.9 Å². The second-order valence-electron chi connectivity index (χ2n) is 5.30. The molecule has 0 unspecified atom stereocenters. The first-order valence-electron chi connectivity index (χ1n) is 7.33. The van der Waals surface area contributed by atoms with E-state index in [0.717, 1.165) is 18.9 Å². The second-order valence-corrected chi connectivity index (χ2v) is 5.70. The van der Waals surface area contributed by atoms with E-state index in [9.17, 15) is 24.5 Å². The summed E-state index contributed by atoms with van der Waals surface area (Å²) in [5, 5.41) is 13.0. The molecule has 8 nitrogen and oxygen atoms in total. The first kappa shape index (κ1) is 17.9. The predicted octanol–water partition coefficient (Wildman–Crippen LogP) is 2.03. The number of nitro groups is 1. The standard InChI is InChI=1S/C15H15ClN2O6/c16-10-6-5-9(7-11(10)18(22)23)15(21)17-8-14(20)24-13-4-2-1-3-12(13)19/h5-7,13H,1-4,8H2,(H,17,21)/t13-/m0/s1. The van der Waals surface area contributed by atoms with Crippen LogP contribution < -0.4 is 5.32 Å². The maximum Gasteiger partial charge on any atom is 0.326 e. The minimum Gasteiger partial charge on any atom is -0.453 e. The lowest BCUT2D eigenvalue weighted by Crippen LogP contribution is -2.36. The first-order valence-corrected chi connectivity index (χ1v) is 7.70. The minimum atomic E-state index is -0.750. The summed E-state index contributed by atoms with van der Waals surface area (Å²) in [6.45, 7) is -0.432. The number of nitro benzene ring substituents is 1. The number of ether oxygens (including phenoxy) is 1. The van der Waals surface area contributed by atoms with Crippen LogP contribution in [0.5, 0.6) is 0 Å². The molecule has 1 aromatic rings. The first-order chi connectivity index (χ1) is 11.4. The monoisotopic (exact) mass is 354 g/mol. The Hall–Kier alpha value is -2.48. The molecule has 2 rings (SSSR count). The highest BCUT2D eigenvalue weighted by Gasteiger charge is 2.26. The number of nitrogens with one attached hydrogen (secondary N) is 1. The number of carbonyl (C=O) groups excluding carboxylic acids is 3. The summed E-state index contributed by atoms with van der Waals surface area (Å²) in [5.74, 6) is -1.52. The molecule has 0 saturated heterocycles. The van der Waals surface area contributed by atoms with Gasteiger partial charge in [-0.05, 0) is 31.4 Å². The molecular weight excluding hydrogens is 340 g/mol. The van der Waals surface area contributed by atoms with Crippen molar-refractivity contribution in [1.29, 1.82) is 0 Å². The lowest BCUT2D eigenvalue weighted by atomic mass is 9.96. The average molecular weight is 355 g/mol. The van der Waals surface area contributed by atoms with Crippen molar-refractivity contribution in [3.63, 3.8) is 0 Å². The summed E-state index contributed by atoms with van der Waals surface area (Å²) in [4.78, 5) is 45.3. The highest BCUT2D eigenvalue weighted by atomic mass is 35.5. The van der Waals surface area contributed by atoms with Gasteiger partial charge in [0.15, 0.2) is 11.9 Å². The van der Waals surface area contributed by atoms with Gasteiger partial charge in [0.25, 0.3) is 11.6 Å². The van der Waals surface area contributed by atoms with Crippen LogP contribution in [0, 0.1) is 10.1 Å². The van der Waals surface area contributed by atoms with Gasteiger partial charge in [-0.2, -0.15) is 0 Å². The Morgan fingerprint density at radius 3 is 2.79 bits per heavy atom. The van der Waals surface area contributed by atoms with Crippen LogP contribution in [0.4, 0.5) is 5.69 Å². The number of ketones is 1. The van der Waals surface area contributed by atoms with Gasteiger partial charge in [0.1, 0.15) is 11.6 Å². The Bertz CT molecular complexity index is 691. The van der Waals surface area contributed by atoms with E-state index in [1.54, 1.807) is 0 Å². The van der Waals surface area contributed by atoms with E-state index in [4.69, 9.17) is 16.3 Å². The van der Waals surface area contributed by atoms with Gasteiger partial charge in [-0.15, -0.1) is 0 Å². The molecule has 1 amide bonds. The summed E-state index contributed by atoms with van der Waals surface area (Å²) in [6.07, 6.45) is 1.73. The van der Waals surface area contributed by atoms with Crippen LogP contribution >= 0.6 is 11.6 Å². The van der Waals surface area contributed by atoms with Gasteiger partial charge in [0.05, 0.1) is 4.92 Å². The predicted molar refractivity (Wildman–Crippen MR) is 83.8 cm³/mol. The summed E-state index contributed by atoms with van der Waals surface area (Å²) in [5.41, 5.74) is -0.410. The van der Waals surface area contributed by atoms with Crippen molar-refractivity contribution in [2.24, 2.45) is 0 Å². The maximum absolute atomic E-state index is 11.9. The SMILES string of the molecule is O=C(CNC(=O)c1ccc(Cl)c([N+](=O)[O-])c1)O[C@H]1CCCCC1=O. The van der Waals surface area contributed by atoms with E-state index in [0.29, 0.717) is 12.8 Å². The molecule has 1 N–H and O–H groups in total. The number of amides is 1. The van der Waals surface area contributed by atoms with Crippen LogP contribution in [0.25, 0.3) is 0 Å². The molecule has 1 fully saturated rings. The fourth-order valence-corrected chi connectivity index (χ4v) is 2.51. The summed E-state index contributed by atoms with van der Waals surface area (Å²) in [7, 11) is 0. The van der Waals surface area contributed by atoms with Crippen LogP contribution in [0.2, 0.25) is 5.02 Å². The van der Waals surface area contributed by atoms with Crippen LogP contribution in [-0.2, 0) is 14.3 Å². The third kappa shape index (κ3) is 4.51. The molecule has 1 atom stereocenters. The lowest BCUT2D eigenvalue weighted by Gasteiger charge is -2.20. The van der Waals surface area contributed by atoms with Crippen molar-refractivity contribution in [2.75, 3.05) is 6.54 Å². The summed E-state index contributed by atoms with van der Waals surface area (Å²) in [6, 6.07) is 3.56. The molecule has 0 aliphatic heterocycles. The van der Waals surface area contributed by atoms with Gasteiger partial charge in [-0.3, -0.25) is 24.5 Å². The van der Waals surface area contributed by atoms with Crippen molar-refractivity contribution in [3.8, 4) is 0 Å². The van der Waals surface area contributed by atoms with Crippen LogP contribution in [0.15, 0.2) is 18.2 Å². The number of rotatable bonds is 5. The van der Waals surface area contributed by atoms with Crippen molar-refractivity contribution in [1.82, 2.24) is 5.32 Å². The Labute approximate surface area is 142 Å². The molecule has 0 spiro atoms. The number of esters is 1. The summed E-state index contributed by atoms with van der Waals surface area (Å²) < 4.78 is 5.04. The van der Waals surface area contributed by atoms with E-state index >= 15 is 0 Å². The maximum atomic E-state index is 11.9. The zero-order chi connectivity index (χ0) is 17.7. The summed E-state index contributed by atoms with van der Waals surface area (Å²) >= 11 is 5.67. The van der Waals surface area contributed by atoms with Gasteiger partial charge in [-0.1, -0.05) is 11.6 Å². The normalized spacial score (nSPS) is 17.2. The Balaban J connectivity index is 1.90. The molecule has 0 aromatic heterocycles. The quantitative estimate of drug-likeness (QED) is 0.491. The smallest absolute Gasteiger partial charge is 0.326 e. The fraction of sp³-hybridized carbons (Fsp3) is 0.400. The molecule has 1 aliphatic carbocycles. The Morgan fingerprint density at radius 1 is 1.38 bits per heavy atom. The highest BCUT2D eigenvalue weighted by molar-refractivity contribution is 6.32. The number of hydrogen-bond acceptors (Lipinski definition) is 6. The third-order valence-corrected chi connectivity index (χ3v) is 3.89. The van der Waals surface area contributed by atoms with Gasteiger partial charge >= 0.3 is 5.97 Å². The molecular formula is C15H15ClN2O6. The number of carbonyl (C=O) groups is 3. The number of halogens is 1. The largest absolute Gasteiger partial charge is 0.453 e. The van der Waals surface area contributed by atoms with E-state index in [1.807, 2.05) is 0 Å². The van der Waals surface area contributed by atoms with E-state index in [1.165, 1.54) is 12.1 Å². The van der Waals surface area contributed by atoms with Crippen molar-refractivity contribution in [2.45, 2.75) is 31.8 Å². The molecule has 0 radical (unpaired) electrons. The van der Waals surface area contributed by atoms with E-state index < -0.39 is 35.1 Å². The van der Waals surface area contributed by atoms with Gasteiger partial charge in [-0.25, -0.2) is 0 Å². The molecule has 9 heteroatoms. The molecule has 24 heavy (non-hydrogen) atoms. The van der Waals surface area contributed by atoms with E-state index in [2.05, 4.69) is 5.32 Å². The van der Waals surface area contributed by atoms with Gasteiger partial charge in [0.2, 0.25) is 0 Å². The number of nitrogens with zero attached hydrogens (tertiary/aromatic N) is 1. The molecule has 1 aromatic carbocycles. The lowest BCUT2D eigenvalue weighted by molar-refractivity contribution is -0.384. The Kier molecular flexibility index (Phi) is 5.86. The van der Waals surface area contributed by atoms with Gasteiger partial charge in [0, 0.05) is 18.1 Å². The minimum absolute atomic E-state index is 0.00681. The van der Waals surface area contributed by atoms with Crippen LogP contribution in [0.3, 0.4) is 0 Å². The van der Waals surface area contributed by atoms with Crippen molar-refractivity contribution in [3.05, 3.63) is 38.9 Å². The number of benzene rings is 1. The highest BCUT2D eigenvalue weighted by Crippen LogP contribution is 2.25. The zero-order valence-corrected chi connectivity index (χ0v) is 13.4. The Morgan fingerprint density at radius 2 is 2.12 bits per heavy atom. The number of Topliss-reactive ketones (excluding diaryl/α,β-unsaturated/α-hetero) is 1. The number of hydrogen-bond donors (Lipinski definition) is 1. The third-order valence-electron chi connectivity index (χ3n) is 3.57. The van der Waals surface area contributed by atoms with Crippen molar-refractivity contribution < 1.29 is 24.0 Å². The van der Waals surface area contributed by atoms with Gasteiger partial charge < -0.3 is 10.1 Å². The molecule has 1 saturated carbocycles. The molecule has 1 aliphatic rings. The average Bonchev–Trinajstić information content (AvgIpc) is 2.55. The molecule has 128 valence electrons. The van der Waals surface area contributed by atoms with Crippen LogP contribution in [0.1, 0.15) is 36.0 Å². The topological polar surface area (TPSA) is 116 Å². The fourth-order valence-electron chi connectivity index (χ4n) is 2.32. The van der Waals surface area contributed by atoms with E-state index in [-0.39, 0.29) is 16.4 Å². The zero-order valence-electron chi connectivity index (χ0n) is 12.6. The van der Waals surface area contributed by atoms with Crippen LogP contribution in [-0.4, -0.2) is 35.2 Å². The second kappa shape index (κ2) is 7.87. The molecule has 0 bridgehead atoms.